The summed E-state index contributed by atoms with van der Waals surface area (Å²) in [7, 11) is -3.82. The summed E-state index contributed by atoms with van der Waals surface area (Å²) in [5, 5.41) is 0. The van der Waals surface area contributed by atoms with E-state index in [2.05, 4.69) is 14.9 Å². The predicted octanol–water partition coefficient (Wildman–Crippen LogP) is 1.51. The molecule has 0 atom stereocenters. The number of nitrogens with two attached hydrogens (primary N) is 2. The van der Waals surface area contributed by atoms with E-state index in [-0.39, 0.29) is 21.5 Å². The van der Waals surface area contributed by atoms with E-state index >= 15 is 0 Å². The number of nitrogens with zero attached hydrogens (tertiary/aromatic N) is 4. The average Bonchev–Trinajstić information content (AvgIpc) is 2.79. The molecule has 4 rings (SSSR count). The number of nitrogen functional groups attached to an aromatic ring is 1. The van der Waals surface area contributed by atoms with Crippen LogP contribution in [0.15, 0.2) is 40.3 Å². The topological polar surface area (TPSA) is 136 Å². The maximum atomic E-state index is 13.0. The van der Waals surface area contributed by atoms with Crippen LogP contribution < -0.4 is 16.4 Å². The first-order chi connectivity index (χ1) is 15.2. The van der Waals surface area contributed by atoms with E-state index in [1.165, 1.54) is 18.7 Å². The number of piperidine rings is 2. The zero-order valence-corrected chi connectivity index (χ0v) is 19.1. The van der Waals surface area contributed by atoms with Crippen LogP contribution in [0, 0.1) is 6.92 Å². The molecule has 0 saturated carbocycles. The summed E-state index contributed by atoms with van der Waals surface area (Å²) in [5.41, 5.74) is 12.1. The third kappa shape index (κ3) is 4.04. The lowest BCUT2D eigenvalue weighted by Gasteiger charge is -2.48. The molecule has 0 bridgehead atoms. The van der Waals surface area contributed by atoms with Gasteiger partial charge in [-0.05, 0) is 63.4 Å². The fraction of sp³-hybridized carbons (Fsp3) is 0.500. The Balaban J connectivity index is 1.54. The molecule has 0 unspecified atom stereocenters. The van der Waals surface area contributed by atoms with Gasteiger partial charge in [0.05, 0.1) is 11.1 Å². The predicted molar refractivity (Wildman–Crippen MR) is 122 cm³/mol. The van der Waals surface area contributed by atoms with Crippen LogP contribution in [0.25, 0.3) is 0 Å². The largest absolute Gasteiger partial charge is 0.382 e. The molecule has 10 heteroatoms. The summed E-state index contributed by atoms with van der Waals surface area (Å²) in [4.78, 5) is 25.3. The van der Waals surface area contributed by atoms with Gasteiger partial charge in [-0.3, -0.25) is 9.69 Å². The minimum atomic E-state index is -3.82. The Labute approximate surface area is 188 Å². The lowest BCUT2D eigenvalue weighted by atomic mass is 9.83. The van der Waals surface area contributed by atoms with E-state index in [1.807, 2.05) is 17.9 Å². The molecule has 4 N–H and O–H groups in total. The van der Waals surface area contributed by atoms with Crippen molar-refractivity contribution in [2.24, 2.45) is 5.73 Å². The van der Waals surface area contributed by atoms with E-state index in [0.717, 1.165) is 31.5 Å². The van der Waals surface area contributed by atoms with Crippen LogP contribution >= 0.6 is 0 Å². The van der Waals surface area contributed by atoms with Gasteiger partial charge in [0.1, 0.15) is 16.3 Å². The van der Waals surface area contributed by atoms with Crippen molar-refractivity contribution in [3.05, 3.63) is 36.0 Å². The van der Waals surface area contributed by atoms with Crippen molar-refractivity contribution in [2.75, 3.05) is 36.8 Å². The summed E-state index contributed by atoms with van der Waals surface area (Å²) in [5.74, 6) is 0.000703. The van der Waals surface area contributed by atoms with Crippen LogP contribution in [-0.2, 0) is 14.6 Å². The second-order valence-corrected chi connectivity index (χ2v) is 10.6. The Bertz CT molecular complexity index is 1110. The van der Waals surface area contributed by atoms with Gasteiger partial charge in [0.15, 0.2) is 0 Å². The number of hydrogen-bond acceptors (Lipinski definition) is 8. The molecule has 0 aliphatic carbocycles. The van der Waals surface area contributed by atoms with Crippen molar-refractivity contribution < 1.29 is 13.2 Å². The third-order valence-electron chi connectivity index (χ3n) is 6.65. The Morgan fingerprint density at radius 2 is 1.78 bits per heavy atom. The standard InChI is InChI=1S/C22H30N6O3S/c1-16-6-5-7-17(14-16)32(30,31)18-15-25-21(26-19(18)23)27-12-8-22(9-13-27,20(24)29)28-10-3-2-4-11-28/h5-7,14-15H,2-4,8-13H2,1H3,(H2,24,29)(H2,23,25,26). The SMILES string of the molecule is Cc1cccc(S(=O)(=O)c2cnc(N3CCC(C(N)=O)(N4CCCCC4)CC3)nc2N)c1. The number of benzene rings is 1. The number of amides is 1. The van der Waals surface area contributed by atoms with Crippen molar-refractivity contribution in [1.29, 1.82) is 0 Å². The van der Waals surface area contributed by atoms with Crippen molar-refractivity contribution in [3.8, 4) is 0 Å². The van der Waals surface area contributed by atoms with Gasteiger partial charge >= 0.3 is 0 Å². The summed E-state index contributed by atoms with van der Waals surface area (Å²) in [6.07, 6.45) is 5.77. The van der Waals surface area contributed by atoms with Gasteiger partial charge < -0.3 is 16.4 Å². The fourth-order valence-corrected chi connectivity index (χ4v) is 6.13. The molecule has 0 radical (unpaired) electrons. The summed E-state index contributed by atoms with van der Waals surface area (Å²) < 4.78 is 26.0. The summed E-state index contributed by atoms with van der Waals surface area (Å²) in [6, 6.07) is 6.64. The van der Waals surface area contributed by atoms with Gasteiger partial charge in [0.25, 0.3) is 0 Å². The maximum Gasteiger partial charge on any atom is 0.238 e. The summed E-state index contributed by atoms with van der Waals surface area (Å²) in [6.45, 7) is 4.69. The van der Waals surface area contributed by atoms with Gasteiger partial charge in [-0.1, -0.05) is 18.6 Å². The number of rotatable bonds is 5. The van der Waals surface area contributed by atoms with Crippen molar-refractivity contribution in [3.63, 3.8) is 0 Å². The minimum Gasteiger partial charge on any atom is -0.382 e. The lowest BCUT2D eigenvalue weighted by molar-refractivity contribution is -0.132. The zero-order chi connectivity index (χ0) is 22.9. The van der Waals surface area contributed by atoms with Crippen LogP contribution in [0.3, 0.4) is 0 Å². The highest BCUT2D eigenvalue weighted by molar-refractivity contribution is 7.91. The average molecular weight is 459 g/mol. The quantitative estimate of drug-likeness (QED) is 0.688. The smallest absolute Gasteiger partial charge is 0.238 e. The van der Waals surface area contributed by atoms with Gasteiger partial charge in [0.2, 0.25) is 21.7 Å². The fourth-order valence-electron chi connectivity index (χ4n) is 4.76. The van der Waals surface area contributed by atoms with E-state index in [1.54, 1.807) is 12.1 Å². The number of aromatic nitrogens is 2. The number of carbonyl (C=O) groups is 1. The molecule has 0 spiro atoms. The second kappa shape index (κ2) is 8.67. The number of aryl methyl sites for hydroxylation is 1. The maximum absolute atomic E-state index is 13.0. The molecular formula is C22H30N6O3S. The van der Waals surface area contributed by atoms with Gasteiger partial charge in [0, 0.05) is 13.1 Å². The first kappa shape index (κ1) is 22.5. The van der Waals surface area contributed by atoms with Crippen LogP contribution in [0.4, 0.5) is 11.8 Å². The lowest BCUT2D eigenvalue weighted by Crippen LogP contribution is -2.63. The van der Waals surface area contributed by atoms with E-state index < -0.39 is 15.4 Å². The number of likely N-dealkylation sites (tertiary alicyclic amines) is 1. The van der Waals surface area contributed by atoms with Crippen LogP contribution in [0.1, 0.15) is 37.7 Å². The highest BCUT2D eigenvalue weighted by atomic mass is 32.2. The Hall–Kier alpha value is -2.72. The van der Waals surface area contributed by atoms with Gasteiger partial charge in [-0.15, -0.1) is 0 Å². The number of hydrogen-bond donors (Lipinski definition) is 2. The molecule has 32 heavy (non-hydrogen) atoms. The Kier molecular flexibility index (Phi) is 6.09. The van der Waals surface area contributed by atoms with Crippen molar-refractivity contribution >= 4 is 27.5 Å². The molecule has 2 aliphatic heterocycles. The summed E-state index contributed by atoms with van der Waals surface area (Å²) >= 11 is 0. The zero-order valence-electron chi connectivity index (χ0n) is 18.3. The molecule has 2 aromatic rings. The van der Waals surface area contributed by atoms with Gasteiger partial charge in [-0.25, -0.2) is 13.4 Å². The number of carbonyl (C=O) groups excluding carboxylic acids is 1. The first-order valence-corrected chi connectivity index (χ1v) is 12.5. The van der Waals surface area contributed by atoms with Crippen LogP contribution in [-0.4, -0.2) is 60.9 Å². The second-order valence-electron chi connectivity index (χ2n) is 8.67. The first-order valence-electron chi connectivity index (χ1n) is 11.0. The minimum absolute atomic E-state index is 0.0840. The van der Waals surface area contributed by atoms with Crippen LogP contribution in [0.2, 0.25) is 0 Å². The van der Waals surface area contributed by atoms with E-state index in [0.29, 0.717) is 31.9 Å². The van der Waals surface area contributed by atoms with E-state index in [4.69, 9.17) is 11.5 Å². The normalized spacial score (nSPS) is 19.6. The molecule has 1 aromatic carbocycles. The highest BCUT2D eigenvalue weighted by Crippen LogP contribution is 2.33. The third-order valence-corrected chi connectivity index (χ3v) is 8.42. The molecule has 2 saturated heterocycles. The Morgan fingerprint density at radius 3 is 2.38 bits per heavy atom. The molecule has 1 amide bonds. The van der Waals surface area contributed by atoms with Crippen LogP contribution in [0.5, 0.6) is 0 Å². The molecule has 2 fully saturated rings. The molecular weight excluding hydrogens is 428 g/mol. The van der Waals surface area contributed by atoms with E-state index in [9.17, 15) is 13.2 Å². The molecule has 2 aliphatic rings. The number of anilines is 2. The molecule has 9 nitrogen and oxygen atoms in total. The molecule has 1 aromatic heterocycles. The highest BCUT2D eigenvalue weighted by Gasteiger charge is 2.45. The monoisotopic (exact) mass is 458 g/mol. The van der Waals surface area contributed by atoms with Crippen molar-refractivity contribution in [1.82, 2.24) is 14.9 Å². The van der Waals surface area contributed by atoms with Crippen molar-refractivity contribution in [2.45, 2.75) is 54.4 Å². The molecule has 172 valence electrons. The number of sulfone groups is 1. The Morgan fingerprint density at radius 1 is 1.09 bits per heavy atom. The molecule has 3 heterocycles. The number of primary amides is 1. The van der Waals surface area contributed by atoms with Gasteiger partial charge in [-0.2, -0.15) is 4.98 Å².